The maximum atomic E-state index is 12.3. The monoisotopic (exact) mass is 380 g/mol. The van der Waals surface area contributed by atoms with Crippen molar-refractivity contribution in [3.63, 3.8) is 0 Å². The minimum Gasteiger partial charge on any atom is -0.493 e. The Morgan fingerprint density at radius 2 is 1.71 bits per heavy atom. The minimum atomic E-state index is -0.404. The predicted octanol–water partition coefficient (Wildman–Crippen LogP) is 2.87. The number of benzene rings is 2. The second-order valence-electron chi connectivity index (χ2n) is 5.69. The minimum absolute atomic E-state index is 0.306. The van der Waals surface area contributed by atoms with Gasteiger partial charge in [-0.1, -0.05) is 30.3 Å². The molecule has 0 atom stereocenters. The van der Waals surface area contributed by atoms with E-state index in [0.29, 0.717) is 34.2 Å². The van der Waals surface area contributed by atoms with Crippen LogP contribution < -0.4 is 19.6 Å². The van der Waals surface area contributed by atoms with E-state index in [1.54, 1.807) is 18.2 Å². The van der Waals surface area contributed by atoms with Crippen LogP contribution in [0.5, 0.6) is 17.2 Å². The zero-order valence-corrected chi connectivity index (χ0v) is 15.7. The number of methoxy groups -OCH3 is 3. The highest BCUT2D eigenvalue weighted by Crippen LogP contribution is 2.37. The molecule has 0 saturated heterocycles. The van der Waals surface area contributed by atoms with Gasteiger partial charge in [0.2, 0.25) is 5.75 Å². The molecule has 8 nitrogen and oxygen atoms in total. The Morgan fingerprint density at radius 1 is 1.04 bits per heavy atom. The molecule has 1 heterocycles. The summed E-state index contributed by atoms with van der Waals surface area (Å²) in [5.74, 6) is 1.07. The molecule has 1 amide bonds. The summed E-state index contributed by atoms with van der Waals surface area (Å²) in [6.07, 6.45) is 1.48. The van der Waals surface area contributed by atoms with E-state index in [9.17, 15) is 4.79 Å². The molecule has 0 aliphatic carbocycles. The van der Waals surface area contributed by atoms with E-state index >= 15 is 0 Å². The topological polar surface area (TPSA) is 97.8 Å². The molecular weight excluding hydrogens is 360 g/mol. The Balaban J connectivity index is 1.71. The second kappa shape index (κ2) is 8.72. The quantitative estimate of drug-likeness (QED) is 0.485. The maximum Gasteiger partial charge on any atom is 0.289 e. The lowest BCUT2D eigenvalue weighted by Crippen LogP contribution is -2.18. The van der Waals surface area contributed by atoms with E-state index < -0.39 is 5.91 Å². The molecule has 0 fully saturated rings. The highest BCUT2D eigenvalue weighted by atomic mass is 16.5. The first-order chi connectivity index (χ1) is 13.7. The predicted molar refractivity (Wildman–Crippen MR) is 105 cm³/mol. The smallest absolute Gasteiger partial charge is 0.289 e. The number of nitrogens with one attached hydrogen (secondary N) is 2. The van der Waals surface area contributed by atoms with Crippen LogP contribution in [-0.4, -0.2) is 43.6 Å². The first-order valence-corrected chi connectivity index (χ1v) is 8.40. The standard InChI is InChI=1S/C20H20N4O4/c1-26-17-9-13(10-18(27-2)19(17)28-3)12-21-24-20(25)16-11-15(22-23-16)14-7-5-4-6-8-14/h4-12H,1-3H3,(H,22,23)(H,24,25)/b21-12+. The van der Waals surface area contributed by atoms with Crippen molar-refractivity contribution < 1.29 is 19.0 Å². The Bertz CT molecular complexity index is 958. The van der Waals surface area contributed by atoms with Crippen molar-refractivity contribution in [2.24, 2.45) is 5.10 Å². The third-order valence-corrected chi connectivity index (χ3v) is 3.96. The highest BCUT2D eigenvalue weighted by Gasteiger charge is 2.13. The summed E-state index contributed by atoms with van der Waals surface area (Å²) in [5, 5.41) is 10.8. The number of hydrogen-bond acceptors (Lipinski definition) is 6. The molecular formula is C20H20N4O4. The van der Waals surface area contributed by atoms with Crippen LogP contribution in [0.1, 0.15) is 16.1 Å². The van der Waals surface area contributed by atoms with Crippen molar-refractivity contribution in [3.05, 3.63) is 59.8 Å². The van der Waals surface area contributed by atoms with Crippen molar-refractivity contribution in [2.45, 2.75) is 0 Å². The van der Waals surface area contributed by atoms with Gasteiger partial charge in [0.15, 0.2) is 11.5 Å². The number of nitrogens with zero attached hydrogens (tertiary/aromatic N) is 2. The van der Waals surface area contributed by atoms with Crippen molar-refractivity contribution >= 4 is 12.1 Å². The number of H-pyrrole nitrogens is 1. The average Bonchev–Trinajstić information content (AvgIpc) is 3.24. The number of hydrogen-bond donors (Lipinski definition) is 2. The van der Waals surface area contributed by atoms with Crippen molar-refractivity contribution in [2.75, 3.05) is 21.3 Å². The van der Waals surface area contributed by atoms with Crippen molar-refractivity contribution in [3.8, 4) is 28.5 Å². The number of ether oxygens (including phenoxy) is 3. The Kier molecular flexibility index (Phi) is 5.91. The molecule has 0 unspecified atom stereocenters. The molecule has 8 heteroatoms. The molecule has 0 aliphatic rings. The van der Waals surface area contributed by atoms with E-state index in [0.717, 1.165) is 5.56 Å². The van der Waals surface area contributed by atoms with E-state index in [4.69, 9.17) is 14.2 Å². The Hall–Kier alpha value is -3.81. The highest BCUT2D eigenvalue weighted by molar-refractivity contribution is 5.94. The first-order valence-electron chi connectivity index (χ1n) is 8.40. The van der Waals surface area contributed by atoms with Crippen LogP contribution in [-0.2, 0) is 0 Å². The lowest BCUT2D eigenvalue weighted by Gasteiger charge is -2.12. The summed E-state index contributed by atoms with van der Waals surface area (Å²) in [7, 11) is 4.59. The third kappa shape index (κ3) is 4.12. The summed E-state index contributed by atoms with van der Waals surface area (Å²) >= 11 is 0. The van der Waals surface area contributed by atoms with Gasteiger partial charge in [-0.05, 0) is 18.2 Å². The number of rotatable bonds is 7. The number of aromatic nitrogens is 2. The normalized spacial score (nSPS) is 10.7. The fourth-order valence-electron chi connectivity index (χ4n) is 2.60. The number of hydrazone groups is 1. The first kappa shape index (κ1) is 19.0. The number of amides is 1. The molecule has 0 aliphatic heterocycles. The summed E-state index contributed by atoms with van der Waals surface area (Å²) in [6.45, 7) is 0. The fourth-order valence-corrected chi connectivity index (χ4v) is 2.60. The van der Waals surface area contributed by atoms with Crippen LogP contribution in [0.25, 0.3) is 11.3 Å². The zero-order chi connectivity index (χ0) is 19.9. The molecule has 144 valence electrons. The second-order valence-corrected chi connectivity index (χ2v) is 5.69. The summed E-state index contributed by atoms with van der Waals surface area (Å²) < 4.78 is 15.9. The molecule has 1 aromatic heterocycles. The van der Waals surface area contributed by atoms with Crippen LogP contribution in [0.3, 0.4) is 0 Å². The maximum absolute atomic E-state index is 12.3. The summed E-state index contributed by atoms with van der Waals surface area (Å²) in [5.41, 5.74) is 5.03. The van der Waals surface area contributed by atoms with Crippen LogP contribution in [0.2, 0.25) is 0 Å². The van der Waals surface area contributed by atoms with Gasteiger partial charge in [0.1, 0.15) is 5.69 Å². The Morgan fingerprint density at radius 3 is 2.32 bits per heavy atom. The number of aromatic amines is 1. The molecule has 0 spiro atoms. The van der Waals surface area contributed by atoms with Gasteiger partial charge in [0, 0.05) is 11.1 Å². The molecule has 0 bridgehead atoms. The molecule has 2 N–H and O–H groups in total. The molecule has 0 radical (unpaired) electrons. The SMILES string of the molecule is COc1cc(/C=N/NC(=O)c2cc(-c3ccccc3)n[nH]2)cc(OC)c1OC. The third-order valence-electron chi connectivity index (χ3n) is 3.96. The molecule has 0 saturated carbocycles. The van der Waals surface area contributed by atoms with Gasteiger partial charge in [0.05, 0.1) is 33.2 Å². The number of carbonyl (C=O) groups is 1. The van der Waals surface area contributed by atoms with Crippen LogP contribution in [0.4, 0.5) is 0 Å². The van der Waals surface area contributed by atoms with E-state index in [-0.39, 0.29) is 0 Å². The molecule has 2 aromatic carbocycles. The number of carbonyl (C=O) groups excluding carboxylic acids is 1. The van der Waals surface area contributed by atoms with Crippen molar-refractivity contribution in [1.29, 1.82) is 0 Å². The lowest BCUT2D eigenvalue weighted by molar-refractivity contribution is 0.0950. The van der Waals surface area contributed by atoms with Gasteiger partial charge in [-0.15, -0.1) is 0 Å². The van der Waals surface area contributed by atoms with Crippen LogP contribution >= 0.6 is 0 Å². The van der Waals surface area contributed by atoms with Gasteiger partial charge >= 0.3 is 0 Å². The van der Waals surface area contributed by atoms with Gasteiger partial charge in [-0.2, -0.15) is 10.2 Å². The van der Waals surface area contributed by atoms with Gasteiger partial charge < -0.3 is 14.2 Å². The van der Waals surface area contributed by atoms with Crippen molar-refractivity contribution in [1.82, 2.24) is 15.6 Å². The largest absolute Gasteiger partial charge is 0.493 e. The van der Waals surface area contributed by atoms with Gasteiger partial charge in [0.25, 0.3) is 5.91 Å². The summed E-state index contributed by atoms with van der Waals surface area (Å²) in [4.78, 5) is 12.3. The fraction of sp³-hybridized carbons (Fsp3) is 0.150. The van der Waals surface area contributed by atoms with Gasteiger partial charge in [-0.25, -0.2) is 5.43 Å². The Labute approximate surface area is 162 Å². The zero-order valence-electron chi connectivity index (χ0n) is 15.7. The molecule has 28 heavy (non-hydrogen) atoms. The van der Waals surface area contributed by atoms with Crippen LogP contribution in [0, 0.1) is 0 Å². The molecule has 3 aromatic rings. The summed E-state index contributed by atoms with van der Waals surface area (Å²) in [6, 6.07) is 14.7. The lowest BCUT2D eigenvalue weighted by atomic mass is 10.1. The average molecular weight is 380 g/mol. The molecule has 3 rings (SSSR count). The van der Waals surface area contributed by atoms with E-state index in [1.165, 1.54) is 27.5 Å². The van der Waals surface area contributed by atoms with E-state index in [1.807, 2.05) is 30.3 Å². The van der Waals surface area contributed by atoms with E-state index in [2.05, 4.69) is 20.7 Å². The van der Waals surface area contributed by atoms with Crippen LogP contribution in [0.15, 0.2) is 53.6 Å². The van der Waals surface area contributed by atoms with Gasteiger partial charge in [-0.3, -0.25) is 9.89 Å².